The lowest BCUT2D eigenvalue weighted by Gasteiger charge is -2.20. The minimum Gasteiger partial charge on any atom is -0.393 e. The van der Waals surface area contributed by atoms with E-state index in [1.165, 1.54) is 4.90 Å². The Morgan fingerprint density at radius 2 is 2.29 bits per heavy atom. The summed E-state index contributed by atoms with van der Waals surface area (Å²) >= 11 is 0. The van der Waals surface area contributed by atoms with E-state index in [0.29, 0.717) is 13.0 Å². The van der Waals surface area contributed by atoms with Crippen LogP contribution in [0.3, 0.4) is 0 Å². The minimum atomic E-state index is -0.626. The molecule has 0 fully saturated rings. The average Bonchev–Trinajstić information content (AvgIpc) is 2.13. The van der Waals surface area contributed by atoms with Gasteiger partial charge in [-0.15, -0.1) is 12.3 Å². The second-order valence-electron chi connectivity index (χ2n) is 3.41. The van der Waals surface area contributed by atoms with E-state index in [1.54, 1.807) is 14.0 Å². The van der Waals surface area contributed by atoms with Gasteiger partial charge in [-0.25, -0.2) is 0 Å². The molecule has 3 N–H and O–H groups in total. The highest BCUT2D eigenvalue weighted by Gasteiger charge is 2.16. The molecule has 1 amide bonds. The zero-order valence-corrected chi connectivity index (χ0v) is 8.73. The van der Waals surface area contributed by atoms with E-state index in [1.807, 2.05) is 0 Å². The van der Waals surface area contributed by atoms with Crippen LogP contribution in [-0.4, -0.2) is 41.7 Å². The van der Waals surface area contributed by atoms with Gasteiger partial charge in [-0.05, 0) is 13.3 Å². The summed E-state index contributed by atoms with van der Waals surface area (Å²) in [5, 5.41) is 9.02. The molecule has 0 aliphatic carbocycles. The predicted molar refractivity (Wildman–Crippen MR) is 55.4 cm³/mol. The summed E-state index contributed by atoms with van der Waals surface area (Å²) < 4.78 is 0. The van der Waals surface area contributed by atoms with Gasteiger partial charge in [0.1, 0.15) is 0 Å². The van der Waals surface area contributed by atoms with Crippen LogP contribution in [0, 0.1) is 12.3 Å². The van der Waals surface area contributed by atoms with Crippen molar-refractivity contribution in [3.05, 3.63) is 0 Å². The monoisotopic (exact) mass is 198 g/mol. The lowest BCUT2D eigenvalue weighted by molar-refractivity contribution is -0.131. The second-order valence-corrected chi connectivity index (χ2v) is 3.41. The molecule has 80 valence electrons. The smallest absolute Gasteiger partial charge is 0.240 e. The molecule has 14 heavy (non-hydrogen) atoms. The molecular formula is C10H18N2O2. The van der Waals surface area contributed by atoms with Crippen molar-refractivity contribution in [2.75, 3.05) is 13.6 Å². The van der Waals surface area contributed by atoms with Gasteiger partial charge in [-0.2, -0.15) is 0 Å². The standard InChI is InChI=1S/C10H18N2O2/c1-4-5-9(11)10(14)12(3)7-6-8(2)13/h1,8-9,13H,5-7,11H2,2-3H3. The number of aliphatic hydroxyl groups is 1. The van der Waals surface area contributed by atoms with E-state index in [0.717, 1.165) is 0 Å². The molecule has 0 saturated heterocycles. The Labute approximate surface area is 85.1 Å². The maximum atomic E-state index is 11.5. The van der Waals surface area contributed by atoms with Gasteiger partial charge in [0, 0.05) is 20.0 Å². The zero-order valence-electron chi connectivity index (χ0n) is 8.73. The van der Waals surface area contributed by atoms with Crippen molar-refractivity contribution in [3.63, 3.8) is 0 Å². The molecule has 0 saturated carbocycles. The molecular weight excluding hydrogens is 180 g/mol. The third-order valence-corrected chi connectivity index (χ3v) is 1.91. The summed E-state index contributed by atoms with van der Waals surface area (Å²) in [5.41, 5.74) is 5.54. The van der Waals surface area contributed by atoms with Crippen LogP contribution in [0.15, 0.2) is 0 Å². The molecule has 0 aromatic carbocycles. The SMILES string of the molecule is C#CCC(N)C(=O)N(C)CCC(C)O. The molecule has 2 unspecified atom stereocenters. The van der Waals surface area contributed by atoms with Gasteiger partial charge >= 0.3 is 0 Å². The van der Waals surface area contributed by atoms with Crippen molar-refractivity contribution < 1.29 is 9.90 Å². The number of hydrogen-bond donors (Lipinski definition) is 2. The summed E-state index contributed by atoms with van der Waals surface area (Å²) in [6.45, 7) is 2.18. The van der Waals surface area contributed by atoms with Crippen LogP contribution in [-0.2, 0) is 4.79 Å². The van der Waals surface area contributed by atoms with Crippen LogP contribution in [0.4, 0.5) is 0 Å². The van der Waals surface area contributed by atoms with E-state index >= 15 is 0 Å². The number of hydrogen-bond acceptors (Lipinski definition) is 3. The van der Waals surface area contributed by atoms with Crippen LogP contribution in [0.1, 0.15) is 19.8 Å². The number of aliphatic hydroxyl groups excluding tert-OH is 1. The van der Waals surface area contributed by atoms with Crippen LogP contribution >= 0.6 is 0 Å². The number of amides is 1. The lowest BCUT2D eigenvalue weighted by atomic mass is 10.2. The zero-order chi connectivity index (χ0) is 11.1. The molecule has 0 aliphatic rings. The molecule has 4 nitrogen and oxygen atoms in total. The Morgan fingerprint density at radius 3 is 2.71 bits per heavy atom. The van der Waals surface area contributed by atoms with Crippen LogP contribution in [0.5, 0.6) is 0 Å². The molecule has 4 heteroatoms. The molecule has 0 bridgehead atoms. The maximum absolute atomic E-state index is 11.5. The number of rotatable bonds is 5. The summed E-state index contributed by atoms with van der Waals surface area (Å²) in [6.07, 6.45) is 5.44. The summed E-state index contributed by atoms with van der Waals surface area (Å²) in [5.74, 6) is 2.17. The van der Waals surface area contributed by atoms with Crippen LogP contribution < -0.4 is 5.73 Å². The van der Waals surface area contributed by atoms with Gasteiger partial charge < -0.3 is 15.7 Å². The number of nitrogens with zero attached hydrogens (tertiary/aromatic N) is 1. The third kappa shape index (κ3) is 4.85. The Bertz CT molecular complexity index is 221. The molecule has 2 atom stereocenters. The maximum Gasteiger partial charge on any atom is 0.240 e. The molecule has 0 rings (SSSR count). The topological polar surface area (TPSA) is 66.6 Å². The van der Waals surface area contributed by atoms with Crippen LogP contribution in [0.25, 0.3) is 0 Å². The van der Waals surface area contributed by atoms with E-state index < -0.39 is 12.1 Å². The Hall–Kier alpha value is -1.05. The highest BCUT2D eigenvalue weighted by molar-refractivity contribution is 5.81. The van der Waals surface area contributed by atoms with Gasteiger partial charge in [0.25, 0.3) is 0 Å². The van der Waals surface area contributed by atoms with Gasteiger partial charge in [-0.3, -0.25) is 4.79 Å². The number of likely N-dealkylation sites (N-methyl/N-ethyl adjacent to an activating group) is 1. The van der Waals surface area contributed by atoms with Crippen LogP contribution in [0.2, 0.25) is 0 Å². The first-order chi connectivity index (χ1) is 6.49. The highest BCUT2D eigenvalue weighted by atomic mass is 16.3. The van der Waals surface area contributed by atoms with Gasteiger partial charge in [0.05, 0.1) is 12.1 Å². The van der Waals surface area contributed by atoms with E-state index in [-0.39, 0.29) is 12.3 Å². The quantitative estimate of drug-likeness (QED) is 0.589. The van der Waals surface area contributed by atoms with Crippen molar-refractivity contribution in [2.45, 2.75) is 31.9 Å². The number of terminal acetylenes is 1. The van der Waals surface area contributed by atoms with E-state index in [9.17, 15) is 4.79 Å². The fourth-order valence-electron chi connectivity index (χ4n) is 0.988. The molecule has 0 aliphatic heterocycles. The summed E-state index contributed by atoms with van der Waals surface area (Å²) in [4.78, 5) is 13.0. The first kappa shape index (κ1) is 12.9. The van der Waals surface area contributed by atoms with E-state index in [2.05, 4.69) is 5.92 Å². The van der Waals surface area contributed by atoms with E-state index in [4.69, 9.17) is 17.3 Å². The number of carbonyl (C=O) groups is 1. The highest BCUT2D eigenvalue weighted by Crippen LogP contribution is 1.97. The van der Waals surface area contributed by atoms with Gasteiger partial charge in [-0.1, -0.05) is 0 Å². The second kappa shape index (κ2) is 6.41. The Balaban J connectivity index is 3.93. The van der Waals surface area contributed by atoms with Gasteiger partial charge in [0.2, 0.25) is 5.91 Å². The number of nitrogens with two attached hydrogens (primary N) is 1. The molecule has 0 radical (unpaired) electrons. The van der Waals surface area contributed by atoms with Crippen molar-refractivity contribution in [1.29, 1.82) is 0 Å². The van der Waals surface area contributed by atoms with Crippen molar-refractivity contribution in [3.8, 4) is 12.3 Å². The van der Waals surface area contributed by atoms with Gasteiger partial charge in [0.15, 0.2) is 0 Å². The summed E-state index contributed by atoms with van der Waals surface area (Å²) in [7, 11) is 1.65. The fraction of sp³-hybridized carbons (Fsp3) is 0.700. The Kier molecular flexibility index (Phi) is 5.93. The molecule has 0 spiro atoms. The largest absolute Gasteiger partial charge is 0.393 e. The minimum absolute atomic E-state index is 0.177. The normalized spacial score (nSPS) is 14.2. The van der Waals surface area contributed by atoms with Crippen molar-refractivity contribution in [2.24, 2.45) is 5.73 Å². The molecule has 0 aromatic heterocycles. The lowest BCUT2D eigenvalue weighted by Crippen LogP contribution is -2.42. The predicted octanol–water partition coefficient (Wildman–Crippen LogP) is -0.434. The van der Waals surface area contributed by atoms with Crippen molar-refractivity contribution >= 4 is 5.91 Å². The summed E-state index contributed by atoms with van der Waals surface area (Å²) in [6, 6.07) is -0.626. The third-order valence-electron chi connectivity index (χ3n) is 1.91. The molecule has 0 aromatic rings. The first-order valence-electron chi connectivity index (χ1n) is 4.61. The fourth-order valence-corrected chi connectivity index (χ4v) is 0.988. The number of carbonyl (C=O) groups excluding carboxylic acids is 1. The first-order valence-corrected chi connectivity index (χ1v) is 4.61. The Morgan fingerprint density at radius 1 is 1.71 bits per heavy atom. The van der Waals surface area contributed by atoms with Crippen molar-refractivity contribution in [1.82, 2.24) is 4.90 Å². The average molecular weight is 198 g/mol. The molecule has 0 heterocycles.